The summed E-state index contributed by atoms with van der Waals surface area (Å²) >= 11 is 0. The van der Waals surface area contributed by atoms with Gasteiger partial charge in [-0.1, -0.05) is 18.2 Å². The van der Waals surface area contributed by atoms with Crippen molar-refractivity contribution in [1.82, 2.24) is 25.2 Å². The summed E-state index contributed by atoms with van der Waals surface area (Å²) in [7, 11) is 0. The first kappa shape index (κ1) is 24.4. The van der Waals surface area contributed by atoms with Crippen LogP contribution in [0.5, 0.6) is 5.88 Å². The van der Waals surface area contributed by atoms with E-state index in [1.165, 1.54) is 6.20 Å². The monoisotopic (exact) mass is 477 g/mol. The minimum Gasteiger partial charge on any atom is -0.475 e. The van der Waals surface area contributed by atoms with Gasteiger partial charge in [-0.05, 0) is 37.9 Å². The number of aliphatic hydroxyl groups excluding tert-OH is 1. The van der Waals surface area contributed by atoms with Crippen LogP contribution in [0.25, 0.3) is 10.9 Å². The molecule has 7 nitrogen and oxygen atoms in total. The van der Waals surface area contributed by atoms with Crippen molar-refractivity contribution in [2.75, 3.05) is 39.5 Å². The predicted octanol–water partition coefficient (Wildman–Crippen LogP) is 3.25. The fourth-order valence-electron chi connectivity index (χ4n) is 4.48. The lowest BCUT2D eigenvalue weighted by molar-refractivity contribution is -0.0867. The maximum atomic E-state index is 14.3. The number of ether oxygens (including phenoxy) is 1. The Kier molecular flexibility index (Phi) is 7.70. The number of alkyl halides is 3. The highest BCUT2D eigenvalue weighted by molar-refractivity contribution is 5.85. The molecule has 0 spiro atoms. The number of para-hydroxylation sites is 1. The third-order valence-corrected chi connectivity index (χ3v) is 6.11. The van der Waals surface area contributed by atoms with Crippen molar-refractivity contribution in [2.24, 2.45) is 0 Å². The molecule has 0 bridgehead atoms. The first-order valence-corrected chi connectivity index (χ1v) is 11.5. The van der Waals surface area contributed by atoms with E-state index >= 15 is 0 Å². The maximum absolute atomic E-state index is 14.3. The van der Waals surface area contributed by atoms with Gasteiger partial charge in [0.1, 0.15) is 13.2 Å². The zero-order valence-corrected chi connectivity index (χ0v) is 19.1. The Labute approximate surface area is 196 Å². The Balaban J connectivity index is 1.60. The zero-order chi connectivity index (χ0) is 24.1. The fraction of sp³-hybridized carbons (Fsp3) is 0.500. The van der Waals surface area contributed by atoms with Gasteiger partial charge in [-0.3, -0.25) is 14.3 Å². The largest absolute Gasteiger partial charge is 0.475 e. The molecule has 1 aromatic carbocycles. The van der Waals surface area contributed by atoms with Gasteiger partial charge in [0.15, 0.2) is 0 Å². The van der Waals surface area contributed by atoms with Gasteiger partial charge in [0.2, 0.25) is 5.88 Å². The summed E-state index contributed by atoms with van der Waals surface area (Å²) in [6, 6.07) is 7.09. The number of benzene rings is 1. The lowest BCUT2D eigenvalue weighted by Crippen LogP contribution is -2.49. The Hall–Kier alpha value is -2.69. The third-order valence-electron chi connectivity index (χ3n) is 6.11. The number of aromatic amines is 1. The summed E-state index contributed by atoms with van der Waals surface area (Å²) in [5.74, 6) is -2.93. The molecule has 0 radical (unpaired) electrons. The van der Waals surface area contributed by atoms with Crippen LogP contribution < -0.4 is 10.1 Å². The van der Waals surface area contributed by atoms with Crippen LogP contribution >= 0.6 is 0 Å². The van der Waals surface area contributed by atoms with E-state index in [1.807, 2.05) is 31.2 Å². The predicted molar refractivity (Wildman–Crippen MR) is 123 cm³/mol. The van der Waals surface area contributed by atoms with Crippen LogP contribution in [-0.2, 0) is 6.42 Å². The molecule has 1 aliphatic heterocycles. The highest BCUT2D eigenvalue weighted by atomic mass is 19.3. The number of hydrogen-bond donors (Lipinski definition) is 3. The van der Waals surface area contributed by atoms with Crippen molar-refractivity contribution in [3.05, 3.63) is 53.6 Å². The van der Waals surface area contributed by atoms with E-state index in [2.05, 4.69) is 20.3 Å². The molecular weight excluding hydrogens is 447 g/mol. The summed E-state index contributed by atoms with van der Waals surface area (Å²) in [6.45, 7) is 1.19. The van der Waals surface area contributed by atoms with Crippen LogP contribution in [0.1, 0.15) is 36.3 Å². The summed E-state index contributed by atoms with van der Waals surface area (Å²) in [5, 5.41) is 13.3. The summed E-state index contributed by atoms with van der Waals surface area (Å²) in [5.41, 5.74) is 3.35. The van der Waals surface area contributed by atoms with Gasteiger partial charge in [0.05, 0.1) is 37.3 Å². The van der Waals surface area contributed by atoms with Gasteiger partial charge in [-0.2, -0.15) is 0 Å². The van der Waals surface area contributed by atoms with Crippen molar-refractivity contribution < 1.29 is 23.0 Å². The molecule has 0 saturated heterocycles. The van der Waals surface area contributed by atoms with Crippen LogP contribution in [0.3, 0.4) is 0 Å². The second-order valence-corrected chi connectivity index (χ2v) is 8.63. The Morgan fingerprint density at radius 1 is 1.24 bits per heavy atom. The molecule has 34 heavy (non-hydrogen) atoms. The molecule has 1 aliphatic rings. The molecule has 3 N–H and O–H groups in total. The molecule has 4 rings (SSSR count). The van der Waals surface area contributed by atoms with E-state index in [4.69, 9.17) is 4.74 Å². The van der Waals surface area contributed by atoms with Crippen molar-refractivity contribution in [1.29, 1.82) is 0 Å². The van der Waals surface area contributed by atoms with E-state index in [0.717, 1.165) is 22.2 Å². The van der Waals surface area contributed by atoms with Crippen LogP contribution in [0.4, 0.5) is 13.2 Å². The normalized spacial score (nSPS) is 18.9. The minimum atomic E-state index is -3.25. The molecule has 184 valence electrons. The van der Waals surface area contributed by atoms with E-state index in [9.17, 15) is 18.3 Å². The van der Waals surface area contributed by atoms with Crippen molar-refractivity contribution >= 4 is 10.9 Å². The quantitative estimate of drug-likeness (QED) is 0.368. The summed E-state index contributed by atoms with van der Waals surface area (Å²) in [6.07, 6.45) is 4.09. The van der Waals surface area contributed by atoms with Gasteiger partial charge in [-0.15, -0.1) is 0 Å². The van der Waals surface area contributed by atoms with Crippen molar-refractivity contribution in [3.63, 3.8) is 0 Å². The smallest absolute Gasteiger partial charge is 0.283 e. The first-order valence-electron chi connectivity index (χ1n) is 11.5. The van der Waals surface area contributed by atoms with Gasteiger partial charge >= 0.3 is 0 Å². The number of aromatic nitrogens is 3. The average molecular weight is 478 g/mol. The third kappa shape index (κ3) is 5.34. The second kappa shape index (κ2) is 10.7. The van der Waals surface area contributed by atoms with Crippen LogP contribution in [0, 0.1) is 0 Å². The van der Waals surface area contributed by atoms with E-state index in [0.29, 0.717) is 44.1 Å². The fourth-order valence-corrected chi connectivity index (χ4v) is 4.48. The molecule has 3 heterocycles. The summed E-state index contributed by atoms with van der Waals surface area (Å²) < 4.78 is 46.3. The Morgan fingerprint density at radius 3 is 2.79 bits per heavy atom. The highest BCUT2D eigenvalue weighted by Crippen LogP contribution is 2.41. The average Bonchev–Trinajstić information content (AvgIpc) is 3.20. The van der Waals surface area contributed by atoms with Gasteiger partial charge < -0.3 is 20.1 Å². The van der Waals surface area contributed by atoms with Gasteiger partial charge in [0, 0.05) is 29.2 Å². The zero-order valence-electron chi connectivity index (χ0n) is 19.1. The number of halogens is 3. The van der Waals surface area contributed by atoms with Crippen LogP contribution in [0.15, 0.2) is 36.7 Å². The van der Waals surface area contributed by atoms with E-state index in [1.54, 1.807) is 11.1 Å². The first-order chi connectivity index (χ1) is 16.4. The van der Waals surface area contributed by atoms with Crippen molar-refractivity contribution in [2.45, 2.75) is 37.8 Å². The number of fused-ring (bicyclic) bond motifs is 3. The summed E-state index contributed by atoms with van der Waals surface area (Å²) in [4.78, 5) is 13.9. The number of nitrogens with zero attached hydrogens (tertiary/aromatic N) is 3. The van der Waals surface area contributed by atoms with Gasteiger partial charge in [-0.25, -0.2) is 13.8 Å². The molecule has 2 aromatic heterocycles. The molecule has 2 atom stereocenters. The minimum absolute atomic E-state index is 0.206. The van der Waals surface area contributed by atoms with Crippen LogP contribution in [-0.4, -0.2) is 76.4 Å². The number of rotatable bonds is 11. The number of nitrogens with one attached hydrogen (secondary N) is 2. The molecule has 0 fully saturated rings. The standard InChI is InChI=1S/C24H30F3N5O2/c1-16-11-18-17-5-2-3-6-19(17)31-22(18)23(32(16)14-24(26,27)15-33)20-12-30-21(13-29-20)34-10-9-28-8-4-7-25/h2-3,5-6,12-13,16,23,28,31,33H,4,7-11,14-15H2,1H3/t16-,23?/m1/s1. The topological polar surface area (TPSA) is 86.3 Å². The van der Waals surface area contributed by atoms with E-state index < -0.39 is 25.1 Å². The molecule has 1 unspecified atom stereocenters. The molecule has 0 aliphatic carbocycles. The van der Waals surface area contributed by atoms with Crippen LogP contribution in [0.2, 0.25) is 0 Å². The van der Waals surface area contributed by atoms with E-state index in [-0.39, 0.29) is 12.7 Å². The Bertz CT molecular complexity index is 1080. The van der Waals surface area contributed by atoms with Gasteiger partial charge in [0.25, 0.3) is 5.92 Å². The second-order valence-electron chi connectivity index (χ2n) is 8.63. The molecule has 10 heteroatoms. The van der Waals surface area contributed by atoms with Crippen molar-refractivity contribution in [3.8, 4) is 5.88 Å². The molecule has 3 aromatic rings. The molecule has 0 amide bonds. The molecule has 0 saturated carbocycles. The Morgan fingerprint density at radius 2 is 2.06 bits per heavy atom. The lowest BCUT2D eigenvalue weighted by Gasteiger charge is -2.41. The number of hydrogen-bond acceptors (Lipinski definition) is 6. The number of H-pyrrole nitrogens is 1. The SMILES string of the molecule is C[C@@H]1Cc2c([nH]c3ccccc23)C(c2cnc(OCCNCCCF)cn2)N1CC(F)(F)CO. The molecular formula is C24H30F3N5O2. The lowest BCUT2D eigenvalue weighted by atomic mass is 9.90. The highest BCUT2D eigenvalue weighted by Gasteiger charge is 2.42. The number of aliphatic hydroxyl groups is 1. The maximum Gasteiger partial charge on any atom is 0.283 e.